The molecule has 0 amide bonds. The fourth-order valence-corrected chi connectivity index (χ4v) is 2.17. The zero-order chi connectivity index (χ0) is 15.8. The predicted molar refractivity (Wildman–Crippen MR) is 104 cm³/mol. The Morgan fingerprint density at radius 1 is 1.26 bits per heavy atom. The largest absolute Gasteiger partial charge is 0.357 e. The third kappa shape index (κ3) is 5.98. The van der Waals surface area contributed by atoms with E-state index in [1.165, 1.54) is 0 Å². The standard InChI is InChI=1S/C15H21ClN6.HI/c1-3-17-15(18-9-12-7-5-6-8-13(12)16)19-10-14-21-20-11-22(14)4-2;/h5-8,11H,3-4,9-10H2,1-2H3,(H2,17,18,19);1H. The molecule has 0 saturated heterocycles. The molecule has 0 fully saturated rings. The minimum Gasteiger partial charge on any atom is -0.357 e. The van der Waals surface area contributed by atoms with Gasteiger partial charge in [-0.25, -0.2) is 4.99 Å². The molecule has 2 aromatic rings. The number of nitrogens with zero attached hydrogens (tertiary/aromatic N) is 4. The van der Waals surface area contributed by atoms with E-state index in [1.54, 1.807) is 6.33 Å². The molecule has 0 unspecified atom stereocenters. The fraction of sp³-hybridized carbons (Fsp3) is 0.400. The molecule has 0 aliphatic heterocycles. The Balaban J connectivity index is 0.00000264. The number of aliphatic imine (C=N–C) groups is 1. The zero-order valence-electron chi connectivity index (χ0n) is 13.3. The first kappa shape index (κ1) is 19.7. The number of rotatable bonds is 6. The lowest BCUT2D eigenvalue weighted by Crippen LogP contribution is -2.37. The molecule has 0 aliphatic carbocycles. The summed E-state index contributed by atoms with van der Waals surface area (Å²) in [5.41, 5.74) is 0.998. The number of benzene rings is 1. The van der Waals surface area contributed by atoms with Crippen molar-refractivity contribution in [3.63, 3.8) is 0 Å². The molecule has 0 bridgehead atoms. The van der Waals surface area contributed by atoms with Gasteiger partial charge in [0.25, 0.3) is 0 Å². The van der Waals surface area contributed by atoms with Crippen LogP contribution in [0.4, 0.5) is 0 Å². The fourth-order valence-electron chi connectivity index (χ4n) is 1.98. The Kier molecular flexibility index (Phi) is 8.93. The van der Waals surface area contributed by atoms with Crippen molar-refractivity contribution >= 4 is 41.5 Å². The van der Waals surface area contributed by atoms with Gasteiger partial charge in [-0.05, 0) is 25.5 Å². The molecule has 8 heteroatoms. The number of halogens is 2. The Labute approximate surface area is 158 Å². The Morgan fingerprint density at radius 3 is 2.74 bits per heavy atom. The van der Waals surface area contributed by atoms with Gasteiger partial charge >= 0.3 is 0 Å². The van der Waals surface area contributed by atoms with Crippen LogP contribution in [0.25, 0.3) is 0 Å². The second-order valence-corrected chi connectivity index (χ2v) is 5.08. The minimum atomic E-state index is 0. The van der Waals surface area contributed by atoms with Gasteiger partial charge in [0.15, 0.2) is 11.8 Å². The lowest BCUT2D eigenvalue weighted by Gasteiger charge is -2.11. The number of guanidine groups is 1. The SMILES string of the molecule is CCNC(=NCc1ccccc1Cl)NCc1nncn1CC.I. The van der Waals surface area contributed by atoms with Crippen molar-refractivity contribution in [1.82, 2.24) is 25.4 Å². The van der Waals surface area contributed by atoms with Crippen LogP contribution in [0.2, 0.25) is 5.02 Å². The normalized spacial score (nSPS) is 11.0. The van der Waals surface area contributed by atoms with E-state index in [0.29, 0.717) is 13.1 Å². The molecule has 0 atom stereocenters. The topological polar surface area (TPSA) is 67.1 Å². The second-order valence-electron chi connectivity index (χ2n) is 4.67. The molecule has 1 aromatic carbocycles. The smallest absolute Gasteiger partial charge is 0.191 e. The van der Waals surface area contributed by atoms with Crippen molar-refractivity contribution in [2.45, 2.75) is 33.5 Å². The van der Waals surface area contributed by atoms with Crippen molar-refractivity contribution < 1.29 is 0 Å². The minimum absolute atomic E-state index is 0. The summed E-state index contributed by atoms with van der Waals surface area (Å²) in [7, 11) is 0. The average molecular weight is 449 g/mol. The molecule has 2 rings (SSSR count). The van der Waals surface area contributed by atoms with E-state index in [9.17, 15) is 0 Å². The molecule has 2 N–H and O–H groups in total. The van der Waals surface area contributed by atoms with E-state index in [1.807, 2.05) is 35.8 Å². The summed E-state index contributed by atoms with van der Waals surface area (Å²) in [6, 6.07) is 7.72. The van der Waals surface area contributed by atoms with Gasteiger partial charge < -0.3 is 15.2 Å². The van der Waals surface area contributed by atoms with E-state index in [0.717, 1.165) is 35.5 Å². The maximum atomic E-state index is 6.15. The van der Waals surface area contributed by atoms with E-state index in [-0.39, 0.29) is 24.0 Å². The highest BCUT2D eigenvalue weighted by molar-refractivity contribution is 14.0. The summed E-state index contributed by atoms with van der Waals surface area (Å²) in [6.45, 7) is 6.81. The average Bonchev–Trinajstić information content (AvgIpc) is 2.99. The van der Waals surface area contributed by atoms with Gasteiger partial charge in [-0.2, -0.15) is 0 Å². The lowest BCUT2D eigenvalue weighted by atomic mass is 10.2. The predicted octanol–water partition coefficient (Wildman–Crippen LogP) is 2.82. The quantitative estimate of drug-likeness (QED) is 0.405. The van der Waals surface area contributed by atoms with Gasteiger partial charge in [0.1, 0.15) is 6.33 Å². The van der Waals surface area contributed by atoms with Gasteiger partial charge in [0.05, 0.1) is 13.1 Å². The Hall–Kier alpha value is -1.35. The van der Waals surface area contributed by atoms with Crippen molar-refractivity contribution in [2.24, 2.45) is 4.99 Å². The number of hydrogen-bond acceptors (Lipinski definition) is 3. The van der Waals surface area contributed by atoms with Gasteiger partial charge in [0.2, 0.25) is 0 Å². The third-order valence-corrected chi connectivity index (χ3v) is 3.53. The summed E-state index contributed by atoms with van der Waals surface area (Å²) >= 11 is 6.15. The molecule has 6 nitrogen and oxygen atoms in total. The van der Waals surface area contributed by atoms with E-state index < -0.39 is 0 Å². The summed E-state index contributed by atoms with van der Waals surface area (Å²) in [4.78, 5) is 4.55. The van der Waals surface area contributed by atoms with Crippen molar-refractivity contribution in [3.8, 4) is 0 Å². The third-order valence-electron chi connectivity index (χ3n) is 3.16. The molecule has 126 valence electrons. The monoisotopic (exact) mass is 448 g/mol. The molecule has 0 spiro atoms. The first-order valence-corrected chi connectivity index (χ1v) is 7.74. The van der Waals surface area contributed by atoms with Crippen LogP contribution in [-0.4, -0.2) is 27.3 Å². The highest BCUT2D eigenvalue weighted by Crippen LogP contribution is 2.15. The highest BCUT2D eigenvalue weighted by Gasteiger charge is 2.04. The molecule has 23 heavy (non-hydrogen) atoms. The number of aryl methyl sites for hydroxylation is 1. The van der Waals surface area contributed by atoms with Crippen LogP contribution in [0.1, 0.15) is 25.2 Å². The van der Waals surface area contributed by atoms with Crippen molar-refractivity contribution in [1.29, 1.82) is 0 Å². The van der Waals surface area contributed by atoms with E-state index in [4.69, 9.17) is 11.6 Å². The molecule has 0 saturated carbocycles. The van der Waals surface area contributed by atoms with Crippen LogP contribution < -0.4 is 10.6 Å². The van der Waals surface area contributed by atoms with Crippen molar-refractivity contribution in [3.05, 3.63) is 47.0 Å². The first-order valence-electron chi connectivity index (χ1n) is 7.36. The molecular formula is C15H22ClIN6. The van der Waals surface area contributed by atoms with Gasteiger partial charge in [-0.15, -0.1) is 34.2 Å². The molecule has 1 heterocycles. The first-order chi connectivity index (χ1) is 10.7. The van der Waals surface area contributed by atoms with Crippen LogP contribution in [0, 0.1) is 0 Å². The number of nitrogens with one attached hydrogen (secondary N) is 2. The van der Waals surface area contributed by atoms with E-state index in [2.05, 4.69) is 32.7 Å². The van der Waals surface area contributed by atoms with Crippen LogP contribution >= 0.6 is 35.6 Å². The Morgan fingerprint density at radius 2 is 2.04 bits per heavy atom. The molecule has 1 aromatic heterocycles. The summed E-state index contributed by atoms with van der Waals surface area (Å²) in [5, 5.41) is 15.2. The lowest BCUT2D eigenvalue weighted by molar-refractivity contribution is 0.670. The summed E-state index contributed by atoms with van der Waals surface area (Å²) < 4.78 is 1.99. The van der Waals surface area contributed by atoms with E-state index >= 15 is 0 Å². The van der Waals surface area contributed by atoms with Gasteiger partial charge in [-0.1, -0.05) is 29.8 Å². The van der Waals surface area contributed by atoms with Crippen LogP contribution in [0.15, 0.2) is 35.6 Å². The van der Waals surface area contributed by atoms with Gasteiger partial charge in [0, 0.05) is 18.1 Å². The van der Waals surface area contributed by atoms with Gasteiger partial charge in [-0.3, -0.25) is 0 Å². The summed E-state index contributed by atoms with van der Waals surface area (Å²) in [5.74, 6) is 1.61. The molecule has 0 radical (unpaired) electrons. The highest BCUT2D eigenvalue weighted by atomic mass is 127. The maximum absolute atomic E-state index is 6.15. The van der Waals surface area contributed by atoms with Crippen LogP contribution in [-0.2, 0) is 19.6 Å². The van der Waals surface area contributed by atoms with Crippen molar-refractivity contribution in [2.75, 3.05) is 6.54 Å². The second kappa shape index (κ2) is 10.4. The molecule has 0 aliphatic rings. The number of aromatic nitrogens is 3. The Bertz CT molecular complexity index is 628. The molecular weight excluding hydrogens is 427 g/mol. The van der Waals surface area contributed by atoms with Crippen LogP contribution in [0.3, 0.4) is 0 Å². The van der Waals surface area contributed by atoms with Crippen LogP contribution in [0.5, 0.6) is 0 Å². The maximum Gasteiger partial charge on any atom is 0.191 e. The zero-order valence-corrected chi connectivity index (χ0v) is 16.4. The summed E-state index contributed by atoms with van der Waals surface area (Å²) in [6.07, 6.45) is 1.73. The number of hydrogen-bond donors (Lipinski definition) is 2.